The van der Waals surface area contributed by atoms with Crippen LogP contribution >= 0.6 is 15.9 Å². The third kappa shape index (κ3) is 3.55. The number of halogens is 1. The molecule has 0 aliphatic carbocycles. The maximum Gasteiger partial charge on any atom is 0.0998 e. The molecule has 0 saturated carbocycles. The standard InChI is InChI=1S/C18H14BrN3/c1-22(2)18-8-5-14(10-17(18)19)9-16(12-21)15-6-3-13(11-20)4-7-15/h3-10H,1-2H3/b16-9+. The van der Waals surface area contributed by atoms with Crippen LogP contribution in [0.3, 0.4) is 0 Å². The number of benzene rings is 2. The maximum atomic E-state index is 9.38. The molecule has 22 heavy (non-hydrogen) atoms. The van der Waals surface area contributed by atoms with E-state index in [-0.39, 0.29) is 0 Å². The van der Waals surface area contributed by atoms with E-state index in [0.29, 0.717) is 11.1 Å². The summed E-state index contributed by atoms with van der Waals surface area (Å²) in [6.45, 7) is 0. The first-order valence-corrected chi connectivity index (χ1v) is 7.43. The zero-order valence-corrected chi connectivity index (χ0v) is 13.9. The van der Waals surface area contributed by atoms with Gasteiger partial charge in [0.15, 0.2) is 0 Å². The number of allylic oxidation sites excluding steroid dienone is 1. The van der Waals surface area contributed by atoms with E-state index >= 15 is 0 Å². The Balaban J connectivity index is 2.39. The molecule has 0 fully saturated rings. The minimum absolute atomic E-state index is 0.564. The number of anilines is 1. The molecule has 0 heterocycles. The molecular weight excluding hydrogens is 338 g/mol. The molecule has 0 aliphatic heterocycles. The molecule has 0 saturated heterocycles. The summed E-state index contributed by atoms with van der Waals surface area (Å²) >= 11 is 3.54. The molecule has 0 radical (unpaired) electrons. The van der Waals surface area contributed by atoms with E-state index < -0.39 is 0 Å². The highest BCUT2D eigenvalue weighted by Crippen LogP contribution is 2.27. The Labute approximate surface area is 138 Å². The second-order valence-electron chi connectivity index (χ2n) is 4.96. The lowest BCUT2D eigenvalue weighted by atomic mass is 10.0. The highest BCUT2D eigenvalue weighted by molar-refractivity contribution is 9.10. The van der Waals surface area contributed by atoms with Gasteiger partial charge >= 0.3 is 0 Å². The topological polar surface area (TPSA) is 50.8 Å². The van der Waals surface area contributed by atoms with E-state index in [2.05, 4.69) is 28.1 Å². The van der Waals surface area contributed by atoms with Crippen molar-refractivity contribution in [1.29, 1.82) is 10.5 Å². The Morgan fingerprint density at radius 2 is 1.77 bits per heavy atom. The number of nitriles is 2. The van der Waals surface area contributed by atoms with Gasteiger partial charge in [-0.1, -0.05) is 18.2 Å². The van der Waals surface area contributed by atoms with E-state index in [9.17, 15) is 5.26 Å². The minimum atomic E-state index is 0.564. The second kappa shape index (κ2) is 6.93. The first-order valence-electron chi connectivity index (χ1n) is 6.64. The first kappa shape index (κ1) is 15.8. The summed E-state index contributed by atoms with van der Waals surface area (Å²) in [7, 11) is 3.96. The number of hydrogen-bond donors (Lipinski definition) is 0. The molecule has 0 atom stereocenters. The largest absolute Gasteiger partial charge is 0.377 e. The van der Waals surface area contributed by atoms with Crippen LogP contribution < -0.4 is 4.90 Å². The molecule has 4 heteroatoms. The highest BCUT2D eigenvalue weighted by atomic mass is 79.9. The molecule has 2 aromatic rings. The van der Waals surface area contributed by atoms with Crippen LogP contribution in [0.15, 0.2) is 46.9 Å². The van der Waals surface area contributed by atoms with E-state index in [4.69, 9.17) is 5.26 Å². The Morgan fingerprint density at radius 1 is 1.09 bits per heavy atom. The molecule has 0 aliphatic rings. The van der Waals surface area contributed by atoms with Crippen molar-refractivity contribution in [1.82, 2.24) is 0 Å². The van der Waals surface area contributed by atoms with Gasteiger partial charge < -0.3 is 4.90 Å². The average molecular weight is 352 g/mol. The van der Waals surface area contributed by atoms with E-state index in [1.165, 1.54) is 0 Å². The van der Waals surface area contributed by atoms with Crippen molar-refractivity contribution in [2.45, 2.75) is 0 Å². The quantitative estimate of drug-likeness (QED) is 0.606. The lowest BCUT2D eigenvalue weighted by Gasteiger charge is -2.14. The maximum absolute atomic E-state index is 9.38. The zero-order valence-electron chi connectivity index (χ0n) is 12.3. The summed E-state index contributed by atoms with van der Waals surface area (Å²) in [5.74, 6) is 0. The number of rotatable bonds is 3. The fraction of sp³-hybridized carbons (Fsp3) is 0.111. The molecule has 108 valence electrons. The van der Waals surface area contributed by atoms with Gasteiger partial charge in [0.05, 0.1) is 29.0 Å². The van der Waals surface area contributed by atoms with Gasteiger partial charge in [-0.2, -0.15) is 10.5 Å². The van der Waals surface area contributed by atoms with Crippen LogP contribution in [0.1, 0.15) is 16.7 Å². The monoisotopic (exact) mass is 351 g/mol. The molecule has 0 spiro atoms. The summed E-state index contributed by atoms with van der Waals surface area (Å²) in [6, 6.07) is 17.2. The Kier molecular flexibility index (Phi) is 4.99. The smallest absolute Gasteiger partial charge is 0.0998 e. The normalized spacial score (nSPS) is 10.7. The average Bonchev–Trinajstić information content (AvgIpc) is 2.52. The van der Waals surface area contributed by atoms with Crippen LogP contribution in [0.2, 0.25) is 0 Å². The van der Waals surface area contributed by atoms with Crippen LogP contribution in [0.4, 0.5) is 5.69 Å². The van der Waals surface area contributed by atoms with Gasteiger partial charge in [0.1, 0.15) is 0 Å². The predicted molar refractivity (Wildman–Crippen MR) is 93.1 cm³/mol. The second-order valence-corrected chi connectivity index (χ2v) is 5.82. The summed E-state index contributed by atoms with van der Waals surface area (Å²) in [4.78, 5) is 2.02. The van der Waals surface area contributed by atoms with Crippen molar-refractivity contribution in [3.05, 3.63) is 63.6 Å². The third-order valence-electron chi connectivity index (χ3n) is 3.21. The SMILES string of the molecule is CN(C)c1ccc(/C=C(\C#N)c2ccc(C#N)cc2)cc1Br. The highest BCUT2D eigenvalue weighted by Gasteiger charge is 2.05. The van der Waals surface area contributed by atoms with Crippen molar-refractivity contribution in [2.24, 2.45) is 0 Å². The van der Waals surface area contributed by atoms with Crippen LogP contribution in [0, 0.1) is 22.7 Å². The molecular formula is C18H14BrN3. The number of nitrogens with zero attached hydrogens (tertiary/aromatic N) is 3. The Bertz CT molecular complexity index is 791. The van der Waals surface area contributed by atoms with Crippen LogP contribution in [-0.2, 0) is 0 Å². The lowest BCUT2D eigenvalue weighted by Crippen LogP contribution is -2.09. The summed E-state index contributed by atoms with van der Waals surface area (Å²) in [5, 5.41) is 18.2. The van der Waals surface area contributed by atoms with Gasteiger partial charge in [-0.05, 0) is 57.4 Å². The minimum Gasteiger partial charge on any atom is -0.377 e. The molecule has 3 nitrogen and oxygen atoms in total. The van der Waals surface area contributed by atoms with Crippen molar-refractivity contribution >= 4 is 33.3 Å². The van der Waals surface area contributed by atoms with E-state index in [1.807, 2.05) is 43.3 Å². The van der Waals surface area contributed by atoms with E-state index in [0.717, 1.165) is 21.3 Å². The van der Waals surface area contributed by atoms with Gasteiger partial charge in [-0.15, -0.1) is 0 Å². The van der Waals surface area contributed by atoms with Gasteiger partial charge in [0.2, 0.25) is 0 Å². The van der Waals surface area contributed by atoms with Gasteiger partial charge in [-0.3, -0.25) is 0 Å². The van der Waals surface area contributed by atoms with Crippen LogP contribution in [0.25, 0.3) is 11.6 Å². The molecule has 0 bridgehead atoms. The van der Waals surface area contributed by atoms with Crippen molar-refractivity contribution in [2.75, 3.05) is 19.0 Å². The van der Waals surface area contributed by atoms with Crippen molar-refractivity contribution < 1.29 is 0 Å². The predicted octanol–water partition coefficient (Wildman–Crippen LogP) is 4.45. The lowest BCUT2D eigenvalue weighted by molar-refractivity contribution is 1.12. The molecule has 2 rings (SSSR count). The third-order valence-corrected chi connectivity index (χ3v) is 3.85. The molecule has 0 unspecified atom stereocenters. The molecule has 0 N–H and O–H groups in total. The van der Waals surface area contributed by atoms with Crippen molar-refractivity contribution in [3.63, 3.8) is 0 Å². The first-order chi connectivity index (χ1) is 10.5. The zero-order chi connectivity index (χ0) is 16.1. The fourth-order valence-electron chi connectivity index (χ4n) is 2.05. The summed E-state index contributed by atoms with van der Waals surface area (Å²) in [5.41, 5.74) is 3.97. The molecule has 2 aromatic carbocycles. The van der Waals surface area contributed by atoms with Gasteiger partial charge in [0, 0.05) is 18.6 Å². The summed E-state index contributed by atoms with van der Waals surface area (Å²) in [6.07, 6.45) is 1.84. The fourth-order valence-corrected chi connectivity index (χ4v) is 2.80. The van der Waals surface area contributed by atoms with E-state index in [1.54, 1.807) is 24.3 Å². The van der Waals surface area contributed by atoms with Crippen LogP contribution in [-0.4, -0.2) is 14.1 Å². The van der Waals surface area contributed by atoms with Gasteiger partial charge in [-0.25, -0.2) is 0 Å². The van der Waals surface area contributed by atoms with Crippen molar-refractivity contribution in [3.8, 4) is 12.1 Å². The molecule has 0 amide bonds. The number of hydrogen-bond acceptors (Lipinski definition) is 3. The molecule has 0 aromatic heterocycles. The van der Waals surface area contributed by atoms with Crippen LogP contribution in [0.5, 0.6) is 0 Å². The van der Waals surface area contributed by atoms with Gasteiger partial charge in [0.25, 0.3) is 0 Å². The Hall–Kier alpha value is -2.56. The summed E-state index contributed by atoms with van der Waals surface area (Å²) < 4.78 is 0.975. The Morgan fingerprint density at radius 3 is 2.27 bits per heavy atom.